The van der Waals surface area contributed by atoms with Gasteiger partial charge in [0.05, 0.1) is 27.5 Å². The molecule has 4 aromatic rings. The molecule has 0 fully saturated rings. The van der Waals surface area contributed by atoms with Gasteiger partial charge in [-0.2, -0.15) is 4.99 Å². The van der Waals surface area contributed by atoms with Crippen molar-refractivity contribution in [3.8, 4) is 11.5 Å². The first-order valence-corrected chi connectivity index (χ1v) is 10.2. The third kappa shape index (κ3) is 3.15. The van der Waals surface area contributed by atoms with Gasteiger partial charge in [0.1, 0.15) is 6.54 Å². The lowest BCUT2D eigenvalue weighted by Crippen LogP contribution is -2.22. The van der Waals surface area contributed by atoms with E-state index in [1.54, 1.807) is 10.6 Å². The molecule has 0 N–H and O–H groups in total. The van der Waals surface area contributed by atoms with E-state index in [9.17, 15) is 9.59 Å². The molecular formula is C19H13N3O5S2. The minimum absolute atomic E-state index is 0.0812. The number of fused-ring (bicyclic) bond motifs is 3. The number of hydrogen-bond acceptors (Lipinski definition) is 8. The van der Waals surface area contributed by atoms with Crippen LogP contribution in [-0.2, 0) is 16.1 Å². The van der Waals surface area contributed by atoms with E-state index in [1.165, 1.54) is 29.8 Å². The van der Waals surface area contributed by atoms with Gasteiger partial charge in [0, 0.05) is 12.1 Å². The quantitative estimate of drug-likeness (QED) is 0.467. The van der Waals surface area contributed by atoms with Crippen molar-refractivity contribution in [2.24, 2.45) is 4.99 Å². The van der Waals surface area contributed by atoms with Crippen molar-refractivity contribution >= 4 is 55.0 Å². The molecule has 2 aromatic carbocycles. The van der Waals surface area contributed by atoms with Gasteiger partial charge < -0.3 is 18.8 Å². The van der Waals surface area contributed by atoms with E-state index in [0.717, 1.165) is 14.9 Å². The number of aromatic nitrogens is 2. The topological polar surface area (TPSA) is 92.0 Å². The Labute approximate surface area is 171 Å². The zero-order valence-corrected chi connectivity index (χ0v) is 16.7. The van der Waals surface area contributed by atoms with E-state index in [1.807, 2.05) is 30.3 Å². The van der Waals surface area contributed by atoms with E-state index in [2.05, 4.69) is 9.98 Å². The molecule has 0 aliphatic carbocycles. The van der Waals surface area contributed by atoms with Crippen LogP contribution < -0.4 is 14.3 Å². The summed E-state index contributed by atoms with van der Waals surface area (Å²) < 4.78 is 19.0. The van der Waals surface area contributed by atoms with Crippen molar-refractivity contribution in [3.63, 3.8) is 0 Å². The summed E-state index contributed by atoms with van der Waals surface area (Å²) in [6.45, 7) is 0.0685. The number of ether oxygens (including phenoxy) is 3. The first-order valence-electron chi connectivity index (χ1n) is 8.57. The summed E-state index contributed by atoms with van der Waals surface area (Å²) in [5.41, 5.74) is 1.46. The maximum atomic E-state index is 12.8. The lowest BCUT2D eigenvalue weighted by atomic mass is 10.3. The number of benzene rings is 2. The number of para-hydroxylation sites is 1. The van der Waals surface area contributed by atoms with E-state index in [-0.39, 0.29) is 13.3 Å². The van der Waals surface area contributed by atoms with Crippen LogP contribution in [0.4, 0.5) is 0 Å². The zero-order chi connectivity index (χ0) is 20.0. The molecule has 146 valence electrons. The average molecular weight is 427 g/mol. The number of carbonyl (C=O) groups is 2. The zero-order valence-electron chi connectivity index (χ0n) is 15.1. The fourth-order valence-corrected chi connectivity index (χ4v) is 4.88. The number of thiazole rings is 2. The normalized spacial score (nSPS) is 13.3. The summed E-state index contributed by atoms with van der Waals surface area (Å²) in [6, 6.07) is 11.1. The predicted molar refractivity (Wildman–Crippen MR) is 107 cm³/mol. The lowest BCUT2D eigenvalue weighted by molar-refractivity contribution is -0.141. The molecule has 0 bridgehead atoms. The fraction of sp³-hybridized carbons (Fsp3) is 0.158. The Balaban J connectivity index is 1.65. The maximum absolute atomic E-state index is 12.8. The number of esters is 1. The van der Waals surface area contributed by atoms with Gasteiger partial charge in [-0.05, 0) is 12.1 Å². The summed E-state index contributed by atoms with van der Waals surface area (Å²) in [6.07, 6.45) is 0. The molecule has 0 radical (unpaired) electrons. The molecule has 0 saturated carbocycles. The summed E-state index contributed by atoms with van der Waals surface area (Å²) in [5.74, 6) is 0.290. The lowest BCUT2D eigenvalue weighted by Gasteiger charge is -2.04. The molecule has 2 aromatic heterocycles. The standard InChI is InChI=1S/C19H13N3O5S2/c1-25-16(23)8-22-11-6-12-13(27-9-26-12)7-15(11)29-19(22)21-17(24)18-20-10-4-2-3-5-14(10)28-18/h2-7H,8-9H2,1H3. The van der Waals surface area contributed by atoms with Crippen molar-refractivity contribution < 1.29 is 23.8 Å². The van der Waals surface area contributed by atoms with Crippen molar-refractivity contribution in [3.05, 3.63) is 46.2 Å². The summed E-state index contributed by atoms with van der Waals surface area (Å²) in [4.78, 5) is 33.7. The van der Waals surface area contributed by atoms with Gasteiger partial charge in [-0.25, -0.2) is 4.98 Å². The van der Waals surface area contributed by atoms with Crippen LogP contribution in [0.1, 0.15) is 9.80 Å². The van der Waals surface area contributed by atoms with Gasteiger partial charge in [0.2, 0.25) is 6.79 Å². The number of nitrogens with zero attached hydrogens (tertiary/aromatic N) is 3. The van der Waals surface area contributed by atoms with Gasteiger partial charge in [-0.15, -0.1) is 11.3 Å². The molecule has 1 aliphatic rings. The van der Waals surface area contributed by atoms with E-state index < -0.39 is 11.9 Å². The molecule has 0 atom stereocenters. The van der Waals surface area contributed by atoms with Crippen LogP contribution in [0.5, 0.6) is 11.5 Å². The minimum Gasteiger partial charge on any atom is -0.468 e. The highest BCUT2D eigenvalue weighted by Crippen LogP contribution is 2.37. The van der Waals surface area contributed by atoms with Crippen LogP contribution in [0.25, 0.3) is 20.4 Å². The largest absolute Gasteiger partial charge is 0.468 e. The number of methoxy groups -OCH3 is 1. The summed E-state index contributed by atoms with van der Waals surface area (Å²) in [5, 5.41) is 0.294. The highest BCUT2D eigenvalue weighted by Gasteiger charge is 2.20. The first kappa shape index (κ1) is 17.8. The SMILES string of the molecule is COC(=O)Cn1c(=NC(=O)c2nc3ccccc3s2)sc2cc3c(cc21)OCO3. The molecule has 0 spiro atoms. The molecule has 5 rings (SSSR count). The van der Waals surface area contributed by atoms with Gasteiger partial charge in [0.25, 0.3) is 0 Å². The Morgan fingerprint density at radius 3 is 2.76 bits per heavy atom. The van der Waals surface area contributed by atoms with Gasteiger partial charge in [-0.1, -0.05) is 23.5 Å². The molecule has 3 heterocycles. The number of carbonyl (C=O) groups excluding carboxylic acids is 2. The molecule has 8 nitrogen and oxygen atoms in total. The maximum Gasteiger partial charge on any atom is 0.325 e. The van der Waals surface area contributed by atoms with Crippen LogP contribution in [-0.4, -0.2) is 35.3 Å². The number of amides is 1. The third-order valence-electron chi connectivity index (χ3n) is 4.37. The van der Waals surface area contributed by atoms with E-state index in [0.29, 0.717) is 26.8 Å². The van der Waals surface area contributed by atoms with Crippen LogP contribution in [0.3, 0.4) is 0 Å². The Kier molecular flexibility index (Phi) is 4.29. The molecule has 10 heteroatoms. The Bertz CT molecular complexity index is 1320. The molecule has 1 amide bonds. The summed E-state index contributed by atoms with van der Waals surface area (Å²) in [7, 11) is 1.31. The van der Waals surface area contributed by atoms with Crippen molar-refractivity contribution in [2.75, 3.05) is 13.9 Å². The Morgan fingerprint density at radius 2 is 1.97 bits per heavy atom. The fourth-order valence-electron chi connectivity index (χ4n) is 2.99. The van der Waals surface area contributed by atoms with Gasteiger partial charge in [0.15, 0.2) is 21.3 Å². The van der Waals surface area contributed by atoms with Gasteiger partial charge in [-0.3, -0.25) is 9.59 Å². The molecular weight excluding hydrogens is 414 g/mol. The molecule has 0 unspecified atom stereocenters. The Morgan fingerprint density at radius 1 is 1.17 bits per heavy atom. The highest BCUT2D eigenvalue weighted by molar-refractivity contribution is 7.20. The third-order valence-corrected chi connectivity index (χ3v) is 6.43. The molecule has 29 heavy (non-hydrogen) atoms. The van der Waals surface area contributed by atoms with Gasteiger partial charge >= 0.3 is 11.9 Å². The molecule has 0 saturated heterocycles. The number of hydrogen-bond donors (Lipinski definition) is 0. The van der Waals surface area contributed by atoms with E-state index in [4.69, 9.17) is 14.2 Å². The van der Waals surface area contributed by atoms with Crippen LogP contribution >= 0.6 is 22.7 Å². The first-order chi connectivity index (χ1) is 14.1. The van der Waals surface area contributed by atoms with Crippen LogP contribution in [0.15, 0.2) is 41.4 Å². The second-order valence-corrected chi connectivity index (χ2v) is 8.16. The van der Waals surface area contributed by atoms with Crippen molar-refractivity contribution in [2.45, 2.75) is 6.54 Å². The Hall–Kier alpha value is -3.24. The second kappa shape index (κ2) is 6.98. The average Bonchev–Trinajstić information content (AvgIpc) is 3.43. The second-order valence-electron chi connectivity index (χ2n) is 6.12. The number of rotatable bonds is 3. The highest BCUT2D eigenvalue weighted by atomic mass is 32.1. The smallest absolute Gasteiger partial charge is 0.325 e. The minimum atomic E-state index is -0.462. The van der Waals surface area contributed by atoms with Crippen LogP contribution in [0.2, 0.25) is 0 Å². The van der Waals surface area contributed by atoms with Crippen molar-refractivity contribution in [1.29, 1.82) is 0 Å². The van der Waals surface area contributed by atoms with Crippen LogP contribution in [0, 0.1) is 0 Å². The van der Waals surface area contributed by atoms with E-state index >= 15 is 0 Å². The predicted octanol–water partition coefficient (Wildman–Crippen LogP) is 2.96. The monoisotopic (exact) mass is 427 g/mol. The summed E-state index contributed by atoms with van der Waals surface area (Å²) >= 11 is 2.56. The van der Waals surface area contributed by atoms with Crippen molar-refractivity contribution in [1.82, 2.24) is 9.55 Å². The molecule has 1 aliphatic heterocycles.